The van der Waals surface area contributed by atoms with E-state index in [0.29, 0.717) is 0 Å². The van der Waals surface area contributed by atoms with Crippen LogP contribution in [0, 0.1) is 5.92 Å². The van der Waals surface area contributed by atoms with Crippen LogP contribution in [0.3, 0.4) is 0 Å². The molecule has 0 aliphatic rings. The second kappa shape index (κ2) is 7.03. The van der Waals surface area contributed by atoms with Crippen LogP contribution in [0.25, 0.3) is 0 Å². The van der Waals surface area contributed by atoms with Gasteiger partial charge in [-0.3, -0.25) is 0 Å². The fourth-order valence-corrected chi connectivity index (χ4v) is 0.852. The molecule has 0 aromatic heterocycles. The van der Waals surface area contributed by atoms with Crippen LogP contribution in [0.15, 0.2) is 0 Å². The molecule has 0 aromatic rings. The number of nitrogens with one attached hydrogen (secondary N) is 1. The van der Waals surface area contributed by atoms with E-state index in [-0.39, 0.29) is 0 Å². The number of hydrogen-bond acceptors (Lipinski definition) is 2. The van der Waals surface area contributed by atoms with Crippen molar-refractivity contribution in [2.24, 2.45) is 5.92 Å². The summed E-state index contributed by atoms with van der Waals surface area (Å²) in [6, 6.07) is 0. The van der Waals surface area contributed by atoms with Gasteiger partial charge in [-0.1, -0.05) is 26.7 Å². The van der Waals surface area contributed by atoms with E-state index in [0.717, 1.165) is 12.5 Å². The summed E-state index contributed by atoms with van der Waals surface area (Å²) in [5.41, 5.74) is 2.82. The van der Waals surface area contributed by atoms with Gasteiger partial charge in [-0.05, 0) is 12.3 Å². The Balaban J connectivity index is 2.77. The Labute approximate surface area is 63.9 Å². The standard InChI is InChI=1S/C8H19NO/c1-8(2)6-4-5-7-9-10-3/h8-9H,4-7H2,1-3H3. The zero-order valence-corrected chi connectivity index (χ0v) is 7.31. The predicted octanol–water partition coefficient (Wildman–Crippen LogP) is 1.96. The lowest BCUT2D eigenvalue weighted by Crippen LogP contribution is -2.12. The minimum absolute atomic E-state index is 0.836. The molecule has 0 heterocycles. The van der Waals surface area contributed by atoms with Crippen molar-refractivity contribution in [3.8, 4) is 0 Å². The third-order valence-electron chi connectivity index (χ3n) is 1.45. The molecule has 0 aromatic carbocycles. The van der Waals surface area contributed by atoms with Crippen molar-refractivity contribution in [1.82, 2.24) is 5.48 Å². The second-order valence-corrected chi connectivity index (χ2v) is 2.99. The van der Waals surface area contributed by atoms with Gasteiger partial charge >= 0.3 is 0 Å². The SMILES string of the molecule is CONCCCCC(C)C. The Morgan fingerprint density at radius 2 is 2.00 bits per heavy atom. The maximum absolute atomic E-state index is 4.70. The molecule has 10 heavy (non-hydrogen) atoms. The number of hydrogen-bond donors (Lipinski definition) is 1. The predicted molar refractivity (Wildman–Crippen MR) is 43.7 cm³/mol. The summed E-state index contributed by atoms with van der Waals surface area (Å²) in [5, 5.41) is 0. The first-order chi connectivity index (χ1) is 4.77. The van der Waals surface area contributed by atoms with E-state index >= 15 is 0 Å². The van der Waals surface area contributed by atoms with Crippen LogP contribution in [-0.2, 0) is 4.84 Å². The van der Waals surface area contributed by atoms with Gasteiger partial charge in [0, 0.05) is 6.54 Å². The second-order valence-electron chi connectivity index (χ2n) is 2.99. The van der Waals surface area contributed by atoms with E-state index in [9.17, 15) is 0 Å². The van der Waals surface area contributed by atoms with E-state index in [1.165, 1.54) is 19.3 Å². The quantitative estimate of drug-likeness (QED) is 0.455. The molecule has 1 N–H and O–H groups in total. The zero-order chi connectivity index (χ0) is 7.82. The van der Waals surface area contributed by atoms with Crippen molar-refractivity contribution in [2.45, 2.75) is 33.1 Å². The van der Waals surface area contributed by atoms with Gasteiger partial charge in [-0.25, -0.2) is 5.48 Å². The monoisotopic (exact) mass is 145 g/mol. The Hall–Kier alpha value is -0.0800. The van der Waals surface area contributed by atoms with Crippen LogP contribution in [0.2, 0.25) is 0 Å². The Morgan fingerprint density at radius 3 is 2.50 bits per heavy atom. The van der Waals surface area contributed by atoms with Gasteiger partial charge in [0.2, 0.25) is 0 Å². The lowest BCUT2D eigenvalue weighted by atomic mass is 10.1. The lowest BCUT2D eigenvalue weighted by molar-refractivity contribution is 0.0903. The van der Waals surface area contributed by atoms with Gasteiger partial charge in [0.05, 0.1) is 7.11 Å². The van der Waals surface area contributed by atoms with Crippen LogP contribution in [0.4, 0.5) is 0 Å². The highest BCUT2D eigenvalue weighted by atomic mass is 16.6. The van der Waals surface area contributed by atoms with Crippen molar-refractivity contribution in [3.05, 3.63) is 0 Å². The molecule has 0 spiro atoms. The van der Waals surface area contributed by atoms with Gasteiger partial charge in [0.15, 0.2) is 0 Å². The van der Waals surface area contributed by atoms with Crippen molar-refractivity contribution < 1.29 is 4.84 Å². The molecule has 0 atom stereocenters. The lowest BCUT2D eigenvalue weighted by Gasteiger charge is -2.03. The summed E-state index contributed by atoms with van der Waals surface area (Å²) in [4.78, 5) is 4.70. The minimum Gasteiger partial charge on any atom is -0.305 e. The van der Waals surface area contributed by atoms with Crippen LogP contribution in [-0.4, -0.2) is 13.7 Å². The van der Waals surface area contributed by atoms with E-state index in [1.807, 2.05) is 0 Å². The normalized spacial score (nSPS) is 10.8. The van der Waals surface area contributed by atoms with Crippen LogP contribution >= 0.6 is 0 Å². The van der Waals surface area contributed by atoms with E-state index in [1.54, 1.807) is 7.11 Å². The highest BCUT2D eigenvalue weighted by Gasteiger charge is 1.92. The summed E-state index contributed by atoms with van der Waals surface area (Å²) >= 11 is 0. The number of hydroxylamine groups is 1. The minimum atomic E-state index is 0.836. The van der Waals surface area contributed by atoms with Gasteiger partial charge in [0.25, 0.3) is 0 Å². The first-order valence-electron chi connectivity index (χ1n) is 4.03. The van der Waals surface area contributed by atoms with Crippen molar-refractivity contribution in [1.29, 1.82) is 0 Å². The molecule has 0 rings (SSSR count). The molecule has 0 bridgehead atoms. The van der Waals surface area contributed by atoms with Crippen molar-refractivity contribution >= 4 is 0 Å². The van der Waals surface area contributed by atoms with E-state index in [2.05, 4.69) is 19.3 Å². The van der Waals surface area contributed by atoms with Crippen LogP contribution in [0.5, 0.6) is 0 Å². The smallest absolute Gasteiger partial charge is 0.0572 e. The first kappa shape index (κ1) is 9.92. The fraction of sp³-hybridized carbons (Fsp3) is 1.00. The summed E-state index contributed by atoms with van der Waals surface area (Å²) in [7, 11) is 1.66. The largest absolute Gasteiger partial charge is 0.305 e. The van der Waals surface area contributed by atoms with Crippen molar-refractivity contribution in [2.75, 3.05) is 13.7 Å². The van der Waals surface area contributed by atoms with Crippen LogP contribution in [0.1, 0.15) is 33.1 Å². The number of rotatable bonds is 6. The summed E-state index contributed by atoms with van der Waals surface area (Å²) in [5.74, 6) is 0.836. The average Bonchev–Trinajstić information content (AvgIpc) is 1.87. The molecule has 0 aliphatic carbocycles. The summed E-state index contributed by atoms with van der Waals surface area (Å²) in [6.45, 7) is 5.48. The zero-order valence-electron chi connectivity index (χ0n) is 7.31. The van der Waals surface area contributed by atoms with Crippen LogP contribution < -0.4 is 5.48 Å². The molecule has 0 amide bonds. The Bertz CT molecular complexity index is 64.3. The molecule has 0 unspecified atom stereocenters. The molecule has 0 fully saturated rings. The average molecular weight is 145 g/mol. The van der Waals surface area contributed by atoms with Gasteiger partial charge in [-0.15, -0.1) is 0 Å². The van der Waals surface area contributed by atoms with E-state index < -0.39 is 0 Å². The molecule has 2 nitrogen and oxygen atoms in total. The first-order valence-corrected chi connectivity index (χ1v) is 4.03. The highest BCUT2D eigenvalue weighted by Crippen LogP contribution is 2.04. The Morgan fingerprint density at radius 1 is 1.30 bits per heavy atom. The number of unbranched alkanes of at least 4 members (excludes halogenated alkanes) is 1. The third-order valence-corrected chi connectivity index (χ3v) is 1.45. The third kappa shape index (κ3) is 7.92. The summed E-state index contributed by atoms with van der Waals surface area (Å²) in [6.07, 6.45) is 3.84. The molecule has 0 radical (unpaired) electrons. The maximum Gasteiger partial charge on any atom is 0.0572 e. The van der Waals surface area contributed by atoms with E-state index in [4.69, 9.17) is 4.84 Å². The molecule has 0 aliphatic heterocycles. The molecular weight excluding hydrogens is 126 g/mol. The maximum atomic E-state index is 4.70. The topological polar surface area (TPSA) is 21.3 Å². The van der Waals surface area contributed by atoms with Gasteiger partial charge in [0.1, 0.15) is 0 Å². The molecular formula is C8H19NO. The molecule has 0 saturated carbocycles. The Kier molecular flexibility index (Phi) is 6.98. The fourth-order valence-electron chi connectivity index (χ4n) is 0.852. The van der Waals surface area contributed by atoms with Crippen molar-refractivity contribution in [3.63, 3.8) is 0 Å². The van der Waals surface area contributed by atoms with Gasteiger partial charge < -0.3 is 4.84 Å². The molecule has 62 valence electrons. The highest BCUT2D eigenvalue weighted by molar-refractivity contribution is 4.46. The molecule has 0 saturated heterocycles. The summed E-state index contributed by atoms with van der Waals surface area (Å²) < 4.78 is 0. The van der Waals surface area contributed by atoms with Gasteiger partial charge in [-0.2, -0.15) is 0 Å². The molecule has 2 heteroatoms.